The molecule has 3 aromatic carbocycles. The van der Waals surface area contributed by atoms with Crippen molar-refractivity contribution in [2.24, 2.45) is 0 Å². The lowest BCUT2D eigenvalue weighted by molar-refractivity contribution is -0.122. The standard InChI is InChI=1S/C23H18BrN3O3/c24-16-10-12-17(13-11-16)25-21(28)14-20-22(29)26-18-8-4-5-9-19(18)27(20)23(30)15-6-2-1-3-7-15/h1-13,20H,14H2,(H,25,28)(H,26,29). The van der Waals surface area contributed by atoms with Gasteiger partial charge in [0.15, 0.2) is 0 Å². The predicted octanol–water partition coefficient (Wildman–Crippen LogP) is 4.45. The molecule has 1 heterocycles. The monoisotopic (exact) mass is 463 g/mol. The van der Waals surface area contributed by atoms with E-state index < -0.39 is 11.9 Å². The van der Waals surface area contributed by atoms with Crippen molar-refractivity contribution in [3.05, 3.63) is 88.9 Å². The molecule has 7 heteroatoms. The van der Waals surface area contributed by atoms with Crippen LogP contribution in [0.25, 0.3) is 0 Å². The molecule has 0 saturated carbocycles. The molecule has 4 rings (SSSR count). The zero-order valence-corrected chi connectivity index (χ0v) is 17.4. The summed E-state index contributed by atoms with van der Waals surface area (Å²) < 4.78 is 0.892. The van der Waals surface area contributed by atoms with E-state index in [1.165, 1.54) is 4.90 Å². The van der Waals surface area contributed by atoms with Gasteiger partial charge in [-0.25, -0.2) is 0 Å². The van der Waals surface area contributed by atoms with Crippen LogP contribution < -0.4 is 15.5 Å². The summed E-state index contributed by atoms with van der Waals surface area (Å²) in [6.07, 6.45) is -0.172. The Kier molecular flexibility index (Phi) is 5.63. The summed E-state index contributed by atoms with van der Waals surface area (Å²) in [5, 5.41) is 5.59. The Bertz CT molecular complexity index is 1100. The predicted molar refractivity (Wildman–Crippen MR) is 119 cm³/mol. The number of rotatable bonds is 4. The minimum atomic E-state index is -0.969. The first-order valence-electron chi connectivity index (χ1n) is 9.37. The SMILES string of the molecule is O=C(CC1C(=O)Nc2ccccc2N1C(=O)c1ccccc1)Nc1ccc(Br)cc1. The Morgan fingerprint density at radius 2 is 1.60 bits per heavy atom. The molecule has 1 aliphatic heterocycles. The first kappa shape index (κ1) is 19.8. The third-order valence-corrected chi connectivity index (χ3v) is 5.31. The van der Waals surface area contributed by atoms with Crippen LogP contribution in [0, 0.1) is 0 Å². The van der Waals surface area contributed by atoms with E-state index in [4.69, 9.17) is 0 Å². The molecule has 0 aliphatic carbocycles. The molecular weight excluding hydrogens is 446 g/mol. The Morgan fingerprint density at radius 1 is 0.933 bits per heavy atom. The van der Waals surface area contributed by atoms with Crippen molar-refractivity contribution >= 4 is 50.7 Å². The van der Waals surface area contributed by atoms with E-state index in [2.05, 4.69) is 26.6 Å². The molecule has 150 valence electrons. The highest BCUT2D eigenvalue weighted by Crippen LogP contribution is 2.34. The highest BCUT2D eigenvalue weighted by atomic mass is 79.9. The van der Waals surface area contributed by atoms with Crippen molar-refractivity contribution in [2.45, 2.75) is 12.5 Å². The highest BCUT2D eigenvalue weighted by Gasteiger charge is 2.38. The number of benzene rings is 3. The first-order chi connectivity index (χ1) is 14.5. The number of halogens is 1. The fraction of sp³-hybridized carbons (Fsp3) is 0.0870. The molecule has 30 heavy (non-hydrogen) atoms. The lowest BCUT2D eigenvalue weighted by Gasteiger charge is -2.36. The second-order valence-corrected chi connectivity index (χ2v) is 7.74. The smallest absolute Gasteiger partial charge is 0.259 e. The summed E-state index contributed by atoms with van der Waals surface area (Å²) >= 11 is 3.35. The van der Waals surface area contributed by atoms with E-state index in [-0.39, 0.29) is 18.2 Å². The quantitative estimate of drug-likeness (QED) is 0.599. The summed E-state index contributed by atoms with van der Waals surface area (Å²) in [5.74, 6) is -1.09. The fourth-order valence-corrected chi connectivity index (χ4v) is 3.63. The maximum absolute atomic E-state index is 13.3. The molecule has 1 atom stereocenters. The molecule has 0 spiro atoms. The fourth-order valence-electron chi connectivity index (χ4n) is 3.37. The van der Waals surface area contributed by atoms with Gasteiger partial charge in [0.1, 0.15) is 6.04 Å². The lowest BCUT2D eigenvalue weighted by Crippen LogP contribution is -2.52. The van der Waals surface area contributed by atoms with Crippen LogP contribution >= 0.6 is 15.9 Å². The Labute approximate surface area is 182 Å². The van der Waals surface area contributed by atoms with Crippen LogP contribution in [0.1, 0.15) is 16.8 Å². The van der Waals surface area contributed by atoms with Crippen molar-refractivity contribution in [3.8, 4) is 0 Å². The van der Waals surface area contributed by atoms with Gasteiger partial charge in [-0.2, -0.15) is 0 Å². The minimum absolute atomic E-state index is 0.172. The number of para-hydroxylation sites is 2. The topological polar surface area (TPSA) is 78.5 Å². The summed E-state index contributed by atoms with van der Waals surface area (Å²) in [4.78, 5) is 40.2. The van der Waals surface area contributed by atoms with Crippen molar-refractivity contribution in [1.82, 2.24) is 0 Å². The van der Waals surface area contributed by atoms with Crippen LogP contribution in [0.3, 0.4) is 0 Å². The molecule has 3 amide bonds. The molecule has 6 nitrogen and oxygen atoms in total. The number of amides is 3. The molecule has 2 N–H and O–H groups in total. The Hall–Kier alpha value is -3.45. The van der Waals surface area contributed by atoms with Crippen LogP contribution in [0.15, 0.2) is 83.3 Å². The molecule has 0 fully saturated rings. The lowest BCUT2D eigenvalue weighted by atomic mass is 10.0. The van der Waals surface area contributed by atoms with E-state index in [0.29, 0.717) is 22.6 Å². The summed E-state index contributed by atoms with van der Waals surface area (Å²) in [6.45, 7) is 0. The average molecular weight is 464 g/mol. The average Bonchev–Trinajstić information content (AvgIpc) is 2.76. The summed E-state index contributed by atoms with van der Waals surface area (Å²) in [7, 11) is 0. The second kappa shape index (κ2) is 8.51. The van der Waals surface area contributed by atoms with E-state index >= 15 is 0 Å². The first-order valence-corrected chi connectivity index (χ1v) is 10.2. The van der Waals surface area contributed by atoms with Gasteiger partial charge in [-0.1, -0.05) is 46.3 Å². The van der Waals surface area contributed by atoms with Crippen molar-refractivity contribution in [3.63, 3.8) is 0 Å². The van der Waals surface area contributed by atoms with Gasteiger partial charge in [0, 0.05) is 15.7 Å². The van der Waals surface area contributed by atoms with Crippen LogP contribution in [-0.2, 0) is 9.59 Å². The number of hydrogen-bond donors (Lipinski definition) is 2. The number of nitrogens with one attached hydrogen (secondary N) is 2. The van der Waals surface area contributed by atoms with Crippen molar-refractivity contribution in [1.29, 1.82) is 0 Å². The van der Waals surface area contributed by atoms with Crippen LogP contribution in [0.2, 0.25) is 0 Å². The van der Waals surface area contributed by atoms with Gasteiger partial charge in [0.2, 0.25) is 11.8 Å². The molecule has 0 saturated heterocycles. The number of carbonyl (C=O) groups is 3. The van der Waals surface area contributed by atoms with Crippen LogP contribution in [0.5, 0.6) is 0 Å². The van der Waals surface area contributed by atoms with Gasteiger partial charge < -0.3 is 10.6 Å². The summed E-state index contributed by atoms with van der Waals surface area (Å²) in [5.41, 5.74) is 2.16. The van der Waals surface area contributed by atoms with Gasteiger partial charge in [0.05, 0.1) is 17.8 Å². The molecule has 1 unspecified atom stereocenters. The number of fused-ring (bicyclic) bond motifs is 1. The molecule has 0 radical (unpaired) electrons. The van der Waals surface area contributed by atoms with Crippen LogP contribution in [0.4, 0.5) is 17.1 Å². The maximum atomic E-state index is 13.3. The van der Waals surface area contributed by atoms with Crippen molar-refractivity contribution < 1.29 is 14.4 Å². The minimum Gasteiger partial charge on any atom is -0.326 e. The third kappa shape index (κ3) is 4.11. The van der Waals surface area contributed by atoms with Crippen molar-refractivity contribution in [2.75, 3.05) is 15.5 Å². The van der Waals surface area contributed by atoms with E-state index in [1.807, 2.05) is 18.2 Å². The van der Waals surface area contributed by atoms with Gasteiger partial charge in [-0.05, 0) is 48.5 Å². The molecule has 1 aliphatic rings. The van der Waals surface area contributed by atoms with Gasteiger partial charge in [0.25, 0.3) is 5.91 Å². The number of anilines is 3. The highest BCUT2D eigenvalue weighted by molar-refractivity contribution is 9.10. The molecule has 0 bridgehead atoms. The number of nitrogens with zero attached hydrogens (tertiary/aromatic N) is 1. The molecule has 0 aromatic heterocycles. The number of hydrogen-bond acceptors (Lipinski definition) is 3. The normalized spacial score (nSPS) is 15.2. The number of carbonyl (C=O) groups excluding carboxylic acids is 3. The molecule has 3 aromatic rings. The summed E-state index contributed by atoms with van der Waals surface area (Å²) in [6, 6.07) is 21.9. The van der Waals surface area contributed by atoms with Crippen LogP contribution in [-0.4, -0.2) is 23.8 Å². The van der Waals surface area contributed by atoms with E-state index in [1.54, 1.807) is 60.7 Å². The van der Waals surface area contributed by atoms with Gasteiger partial charge in [-0.15, -0.1) is 0 Å². The molecular formula is C23H18BrN3O3. The zero-order chi connectivity index (χ0) is 21.1. The largest absolute Gasteiger partial charge is 0.326 e. The zero-order valence-electron chi connectivity index (χ0n) is 15.8. The third-order valence-electron chi connectivity index (χ3n) is 4.78. The van der Waals surface area contributed by atoms with Gasteiger partial charge >= 0.3 is 0 Å². The van der Waals surface area contributed by atoms with E-state index in [9.17, 15) is 14.4 Å². The van der Waals surface area contributed by atoms with Gasteiger partial charge in [-0.3, -0.25) is 19.3 Å². The Balaban J connectivity index is 1.64. The maximum Gasteiger partial charge on any atom is 0.259 e. The Morgan fingerprint density at radius 3 is 2.33 bits per heavy atom. The second-order valence-electron chi connectivity index (χ2n) is 6.82. The van der Waals surface area contributed by atoms with E-state index in [0.717, 1.165) is 4.47 Å².